The van der Waals surface area contributed by atoms with E-state index in [1.807, 2.05) is 48.5 Å². The summed E-state index contributed by atoms with van der Waals surface area (Å²) < 4.78 is 17.5. The fraction of sp³-hybridized carbons (Fsp3) is 0.378. The summed E-state index contributed by atoms with van der Waals surface area (Å²) in [6.07, 6.45) is 1.58. The number of benzene rings is 3. The average molecular weight is 652 g/mol. The zero-order valence-corrected chi connectivity index (χ0v) is 27.0. The predicted octanol–water partition coefficient (Wildman–Crippen LogP) is 4.59. The van der Waals surface area contributed by atoms with Crippen LogP contribution in [0.1, 0.15) is 57.3 Å². The van der Waals surface area contributed by atoms with Gasteiger partial charge < -0.3 is 29.3 Å². The number of phenolic OH excluding ortho intramolecular Hbond substituents is 1. The summed E-state index contributed by atoms with van der Waals surface area (Å²) in [5.41, 5.74) is -0.194. The SMILES string of the molecule is COc1c2c(c(O)c3cc(CN4CCC4)ccc13)C(O)=C1C(=O)[C@]3(O)C(=O)c4c(OCc5ccccc5)noc4[C@@H](N(C)C)[C@@H]3C[C@@H]1C2. The second-order valence-electron chi connectivity index (χ2n) is 13.6. The van der Waals surface area contributed by atoms with Gasteiger partial charge in [0.05, 0.1) is 18.7 Å². The van der Waals surface area contributed by atoms with Gasteiger partial charge in [-0.2, -0.15) is 0 Å². The van der Waals surface area contributed by atoms with Crippen molar-refractivity contribution in [2.45, 2.75) is 44.1 Å². The van der Waals surface area contributed by atoms with E-state index < -0.39 is 40.8 Å². The number of phenols is 1. The molecule has 0 amide bonds. The van der Waals surface area contributed by atoms with E-state index >= 15 is 0 Å². The number of likely N-dealkylation sites (tertiary alicyclic amines) is 1. The van der Waals surface area contributed by atoms with Crippen molar-refractivity contribution < 1.29 is 38.9 Å². The van der Waals surface area contributed by atoms with Crippen LogP contribution < -0.4 is 9.47 Å². The summed E-state index contributed by atoms with van der Waals surface area (Å²) >= 11 is 0. The molecule has 0 spiro atoms. The van der Waals surface area contributed by atoms with Crippen LogP contribution in [0.25, 0.3) is 16.5 Å². The number of fused-ring (bicyclic) bond motifs is 5. The maximum absolute atomic E-state index is 14.6. The van der Waals surface area contributed by atoms with Gasteiger partial charge in [0.25, 0.3) is 5.88 Å². The maximum Gasteiger partial charge on any atom is 0.265 e. The minimum Gasteiger partial charge on any atom is -0.507 e. The molecular formula is C37H37N3O8. The number of aliphatic hydroxyl groups is 2. The first-order valence-electron chi connectivity index (χ1n) is 16.3. The Kier molecular flexibility index (Phi) is 7.13. The van der Waals surface area contributed by atoms with Crippen molar-refractivity contribution in [2.75, 3.05) is 34.3 Å². The molecule has 1 saturated heterocycles. The first-order chi connectivity index (χ1) is 23.1. The van der Waals surface area contributed by atoms with Gasteiger partial charge in [-0.15, -0.1) is 0 Å². The highest BCUT2D eigenvalue weighted by atomic mass is 16.5. The average Bonchev–Trinajstić information content (AvgIpc) is 3.47. The fourth-order valence-corrected chi connectivity index (χ4v) is 8.26. The molecule has 11 nitrogen and oxygen atoms in total. The number of hydrogen-bond donors (Lipinski definition) is 3. The minimum absolute atomic E-state index is 0.0767. The molecule has 4 atom stereocenters. The van der Waals surface area contributed by atoms with E-state index in [4.69, 9.17) is 14.0 Å². The van der Waals surface area contributed by atoms with E-state index in [1.54, 1.807) is 26.1 Å². The number of methoxy groups -OCH3 is 1. The highest BCUT2D eigenvalue weighted by Crippen LogP contribution is 2.57. The number of carbonyl (C=O) groups excluding carboxylic acids is 2. The monoisotopic (exact) mass is 651 g/mol. The van der Waals surface area contributed by atoms with Crippen molar-refractivity contribution in [3.05, 3.63) is 87.7 Å². The van der Waals surface area contributed by atoms with Crippen LogP contribution in [-0.4, -0.2) is 81.7 Å². The highest BCUT2D eigenvalue weighted by Gasteiger charge is 2.65. The zero-order valence-electron chi connectivity index (χ0n) is 27.0. The molecule has 11 heteroatoms. The molecule has 0 bridgehead atoms. The molecular weight excluding hydrogens is 614 g/mol. The van der Waals surface area contributed by atoms with Crippen LogP contribution in [0.2, 0.25) is 0 Å². The Morgan fingerprint density at radius 1 is 1.02 bits per heavy atom. The summed E-state index contributed by atoms with van der Waals surface area (Å²) in [5, 5.41) is 41.2. The lowest BCUT2D eigenvalue weighted by Crippen LogP contribution is -2.63. The topological polar surface area (TPSA) is 146 Å². The van der Waals surface area contributed by atoms with Gasteiger partial charge in [-0.1, -0.05) is 42.5 Å². The number of carbonyl (C=O) groups is 2. The molecule has 248 valence electrons. The number of rotatable bonds is 7. The Morgan fingerprint density at radius 3 is 2.48 bits per heavy atom. The maximum atomic E-state index is 14.6. The number of aliphatic hydroxyl groups excluding tert-OH is 1. The summed E-state index contributed by atoms with van der Waals surface area (Å²) in [7, 11) is 5.11. The molecule has 1 aliphatic heterocycles. The smallest absolute Gasteiger partial charge is 0.265 e. The molecule has 2 heterocycles. The third-order valence-corrected chi connectivity index (χ3v) is 10.7. The van der Waals surface area contributed by atoms with E-state index in [9.17, 15) is 24.9 Å². The number of ether oxygens (including phenoxy) is 2. The Labute approximate surface area is 277 Å². The van der Waals surface area contributed by atoms with Crippen LogP contribution in [0.5, 0.6) is 17.4 Å². The summed E-state index contributed by atoms with van der Waals surface area (Å²) in [6, 6.07) is 14.5. The van der Waals surface area contributed by atoms with Crippen LogP contribution in [0.3, 0.4) is 0 Å². The summed E-state index contributed by atoms with van der Waals surface area (Å²) in [6.45, 7) is 2.85. The standard InChI is InChI=1S/C37H37N3O8/c1-39(2)29-25-16-21-15-24-27(30(41)23-14-20(17-40-12-7-13-40)10-11-22(23)32(24)46-3)31(42)26(21)34(43)37(25,45)35(44)28-33(29)48-38-36(28)47-18-19-8-5-4-6-9-19/h4-6,8-11,14,21,25,29,41-42,45H,7,12-13,15-18H2,1-3H3/t21-,25-,29-,37-/m0/s1. The first-order valence-corrected chi connectivity index (χ1v) is 16.3. The first kappa shape index (κ1) is 30.6. The normalized spacial score (nSPS) is 25.0. The van der Waals surface area contributed by atoms with Crippen molar-refractivity contribution >= 4 is 28.1 Å². The number of Topliss-reactive ketones (excluding diaryl/α,β-unsaturated/α-hetero) is 2. The Bertz CT molecular complexity index is 2010. The lowest BCUT2D eigenvalue weighted by Gasteiger charge is -2.49. The number of aromatic nitrogens is 1. The third kappa shape index (κ3) is 4.34. The molecule has 2 fully saturated rings. The van der Waals surface area contributed by atoms with Gasteiger partial charge in [-0.3, -0.25) is 19.4 Å². The number of nitrogens with zero attached hydrogens (tertiary/aromatic N) is 3. The van der Waals surface area contributed by atoms with Crippen LogP contribution in [-0.2, 0) is 24.4 Å². The second-order valence-corrected chi connectivity index (χ2v) is 13.6. The van der Waals surface area contributed by atoms with E-state index in [0.717, 1.165) is 37.2 Å². The van der Waals surface area contributed by atoms with Gasteiger partial charge in [0, 0.05) is 34.4 Å². The van der Waals surface area contributed by atoms with Crippen molar-refractivity contribution in [3.63, 3.8) is 0 Å². The van der Waals surface area contributed by atoms with Crippen molar-refractivity contribution in [1.82, 2.24) is 15.0 Å². The van der Waals surface area contributed by atoms with Gasteiger partial charge in [-0.25, -0.2) is 0 Å². The Morgan fingerprint density at radius 2 is 1.79 bits per heavy atom. The molecule has 0 radical (unpaired) electrons. The molecule has 48 heavy (non-hydrogen) atoms. The fourth-order valence-electron chi connectivity index (χ4n) is 8.26. The number of hydrogen-bond acceptors (Lipinski definition) is 11. The van der Waals surface area contributed by atoms with Crippen molar-refractivity contribution in [3.8, 4) is 17.4 Å². The quantitative estimate of drug-likeness (QED) is 0.241. The lowest BCUT2D eigenvalue weighted by atomic mass is 9.57. The molecule has 8 rings (SSSR count). The lowest BCUT2D eigenvalue weighted by molar-refractivity contribution is -0.142. The number of ketones is 2. The van der Waals surface area contributed by atoms with Crippen molar-refractivity contribution in [1.29, 1.82) is 0 Å². The van der Waals surface area contributed by atoms with Gasteiger partial charge in [-0.05, 0) is 74.7 Å². The molecule has 4 aromatic rings. The molecule has 1 aromatic heterocycles. The predicted molar refractivity (Wildman–Crippen MR) is 175 cm³/mol. The van der Waals surface area contributed by atoms with E-state index in [2.05, 4.69) is 10.1 Å². The molecule has 1 saturated carbocycles. The summed E-state index contributed by atoms with van der Waals surface area (Å²) in [4.78, 5) is 33.0. The molecule has 3 aromatic carbocycles. The molecule has 4 aliphatic rings. The Hall–Kier alpha value is -4.71. The van der Waals surface area contributed by atoms with Gasteiger partial charge in [0.1, 0.15) is 29.4 Å². The Balaban J connectivity index is 1.23. The van der Waals surface area contributed by atoms with E-state index in [-0.39, 0.29) is 53.5 Å². The molecule has 3 N–H and O–H groups in total. The van der Waals surface area contributed by atoms with E-state index in [1.165, 1.54) is 0 Å². The molecule has 0 unspecified atom stereocenters. The highest BCUT2D eigenvalue weighted by molar-refractivity contribution is 6.26. The number of aromatic hydroxyl groups is 1. The van der Waals surface area contributed by atoms with Crippen LogP contribution in [0.4, 0.5) is 0 Å². The van der Waals surface area contributed by atoms with Gasteiger partial charge >= 0.3 is 0 Å². The molecule has 3 aliphatic carbocycles. The van der Waals surface area contributed by atoms with Gasteiger partial charge in [0.15, 0.2) is 11.4 Å². The van der Waals surface area contributed by atoms with E-state index in [0.29, 0.717) is 22.1 Å². The van der Waals surface area contributed by atoms with Gasteiger partial charge in [0.2, 0.25) is 11.6 Å². The van der Waals surface area contributed by atoms with Crippen LogP contribution in [0.15, 0.2) is 58.6 Å². The third-order valence-electron chi connectivity index (χ3n) is 10.7. The van der Waals surface area contributed by atoms with Crippen molar-refractivity contribution in [2.24, 2.45) is 11.8 Å². The zero-order chi connectivity index (χ0) is 33.5. The minimum atomic E-state index is -2.53. The van der Waals surface area contributed by atoms with Crippen LogP contribution >= 0.6 is 0 Å². The largest absolute Gasteiger partial charge is 0.507 e. The second kappa shape index (κ2) is 11.2. The van der Waals surface area contributed by atoms with Crippen LogP contribution in [0, 0.1) is 11.8 Å². The summed E-state index contributed by atoms with van der Waals surface area (Å²) in [5.74, 6) is -3.26.